The summed E-state index contributed by atoms with van der Waals surface area (Å²) in [5, 5.41) is 8.79. The maximum absolute atomic E-state index is 12.3. The van der Waals surface area contributed by atoms with Crippen LogP contribution in [0.5, 0.6) is 17.2 Å². The Morgan fingerprint density at radius 3 is 2.00 bits per heavy atom. The van der Waals surface area contributed by atoms with Crippen LogP contribution >= 0.6 is 0 Å². The molecular weight excluding hydrogens is 444 g/mol. The van der Waals surface area contributed by atoms with Gasteiger partial charge in [-0.1, -0.05) is 13.2 Å². The molecule has 0 fully saturated rings. The summed E-state index contributed by atoms with van der Waals surface area (Å²) in [4.78, 5) is 34.6. The number of hydrogen-bond acceptors (Lipinski definition) is 9. The molecule has 1 N–H and O–H groups in total. The quantitative estimate of drug-likeness (QED) is 0.192. The van der Waals surface area contributed by atoms with Crippen LogP contribution in [0, 0.1) is 0 Å². The van der Waals surface area contributed by atoms with Crippen molar-refractivity contribution in [2.75, 3.05) is 33.0 Å². The minimum atomic E-state index is -0.637. The Kier molecular flexibility index (Phi) is 10.9. The van der Waals surface area contributed by atoms with Gasteiger partial charge in [0, 0.05) is 12.5 Å². The van der Waals surface area contributed by atoms with Crippen molar-refractivity contribution in [3.05, 3.63) is 78.9 Å². The average Bonchev–Trinajstić information content (AvgIpc) is 2.86. The molecule has 0 atom stereocenters. The largest absolute Gasteiger partial charge is 0.493 e. The van der Waals surface area contributed by atoms with Crippen molar-refractivity contribution < 1.29 is 43.2 Å². The second kappa shape index (κ2) is 14.1. The zero-order valence-electron chi connectivity index (χ0n) is 18.6. The van der Waals surface area contributed by atoms with Crippen LogP contribution in [0.2, 0.25) is 0 Å². The molecule has 34 heavy (non-hydrogen) atoms. The van der Waals surface area contributed by atoms with Crippen molar-refractivity contribution in [1.29, 1.82) is 0 Å². The normalized spacial score (nSPS) is 10.0. The van der Waals surface area contributed by atoms with Gasteiger partial charge in [-0.3, -0.25) is 0 Å². The molecule has 2 rings (SSSR count). The molecule has 0 aliphatic heterocycles. The zero-order valence-corrected chi connectivity index (χ0v) is 18.6. The van der Waals surface area contributed by atoms with E-state index < -0.39 is 24.5 Å². The molecular formula is C25H26O9. The third kappa shape index (κ3) is 9.17. The number of hydrogen-bond donors (Lipinski definition) is 1. The van der Waals surface area contributed by atoms with Gasteiger partial charge in [0.15, 0.2) is 0 Å². The fourth-order valence-electron chi connectivity index (χ4n) is 2.40. The summed E-state index contributed by atoms with van der Waals surface area (Å²) in [6.45, 7) is 6.94. The highest BCUT2D eigenvalue weighted by Gasteiger charge is 2.10. The molecule has 0 radical (unpaired) electrons. The van der Waals surface area contributed by atoms with E-state index in [1.165, 1.54) is 0 Å². The maximum atomic E-state index is 12.3. The molecule has 0 unspecified atom stereocenters. The van der Waals surface area contributed by atoms with Gasteiger partial charge in [-0.2, -0.15) is 0 Å². The molecule has 0 aromatic heterocycles. The Hall–Kier alpha value is -4.11. The van der Waals surface area contributed by atoms with Gasteiger partial charge in [-0.05, 0) is 48.5 Å². The van der Waals surface area contributed by atoms with E-state index >= 15 is 0 Å². The molecule has 0 spiro atoms. The lowest BCUT2D eigenvalue weighted by molar-refractivity contribution is -0.140. The molecule has 9 heteroatoms. The lowest BCUT2D eigenvalue weighted by Gasteiger charge is -2.09. The van der Waals surface area contributed by atoms with Crippen molar-refractivity contribution in [3.8, 4) is 17.2 Å². The van der Waals surface area contributed by atoms with Crippen LogP contribution in [0.4, 0.5) is 0 Å². The molecule has 0 saturated carbocycles. The standard InChI is InChI=1S/C25H26O9/c1-3-23(27)32-16-15-31-20-7-5-19(6-8-20)25(29)34-22-11-9-21(10-12-22)30-13-4-14-33-24(28)18(2)17-26/h3,5-12,26H,1-2,4,13-17H2. The van der Waals surface area contributed by atoms with Gasteiger partial charge in [-0.25, -0.2) is 14.4 Å². The number of rotatable bonds is 14. The third-order valence-electron chi connectivity index (χ3n) is 4.16. The molecule has 0 bridgehead atoms. The van der Waals surface area contributed by atoms with Crippen LogP contribution in [-0.4, -0.2) is 56.0 Å². The van der Waals surface area contributed by atoms with Gasteiger partial charge in [0.1, 0.15) is 30.5 Å². The summed E-state index contributed by atoms with van der Waals surface area (Å²) in [5.74, 6) is -0.273. The van der Waals surface area contributed by atoms with Gasteiger partial charge in [0.25, 0.3) is 0 Å². The minimum Gasteiger partial charge on any atom is -0.493 e. The number of aliphatic hydroxyl groups is 1. The predicted molar refractivity (Wildman–Crippen MR) is 122 cm³/mol. The molecule has 0 amide bonds. The van der Waals surface area contributed by atoms with Crippen molar-refractivity contribution in [1.82, 2.24) is 0 Å². The van der Waals surface area contributed by atoms with Gasteiger partial charge in [0.2, 0.25) is 0 Å². The number of carbonyl (C=O) groups excluding carboxylic acids is 3. The highest BCUT2D eigenvalue weighted by molar-refractivity contribution is 5.91. The highest BCUT2D eigenvalue weighted by Crippen LogP contribution is 2.20. The summed E-state index contributed by atoms with van der Waals surface area (Å²) in [6, 6.07) is 12.8. The van der Waals surface area contributed by atoms with Gasteiger partial charge in [-0.15, -0.1) is 0 Å². The van der Waals surface area contributed by atoms with Gasteiger partial charge in [0.05, 0.1) is 31.0 Å². The lowest BCUT2D eigenvalue weighted by Crippen LogP contribution is -2.12. The Morgan fingerprint density at radius 1 is 0.794 bits per heavy atom. The third-order valence-corrected chi connectivity index (χ3v) is 4.16. The van der Waals surface area contributed by atoms with E-state index in [-0.39, 0.29) is 25.4 Å². The number of carbonyl (C=O) groups is 3. The zero-order chi connectivity index (χ0) is 24.8. The van der Waals surface area contributed by atoms with E-state index in [2.05, 4.69) is 13.2 Å². The molecule has 9 nitrogen and oxygen atoms in total. The van der Waals surface area contributed by atoms with Crippen LogP contribution in [0.3, 0.4) is 0 Å². The highest BCUT2D eigenvalue weighted by atomic mass is 16.6. The van der Waals surface area contributed by atoms with E-state index in [4.69, 9.17) is 28.8 Å². The lowest BCUT2D eigenvalue weighted by atomic mass is 10.2. The van der Waals surface area contributed by atoms with E-state index in [1.807, 2.05) is 0 Å². The van der Waals surface area contributed by atoms with Crippen LogP contribution in [-0.2, 0) is 19.1 Å². The topological polar surface area (TPSA) is 118 Å². The van der Waals surface area contributed by atoms with Crippen molar-refractivity contribution in [2.24, 2.45) is 0 Å². The fraction of sp³-hybridized carbons (Fsp3) is 0.240. The summed E-state index contributed by atoms with van der Waals surface area (Å²) in [6.07, 6.45) is 1.53. The molecule has 180 valence electrons. The molecule has 0 heterocycles. The average molecular weight is 470 g/mol. The first-order chi connectivity index (χ1) is 16.4. The second-order valence-corrected chi connectivity index (χ2v) is 6.70. The van der Waals surface area contributed by atoms with Gasteiger partial charge < -0.3 is 28.8 Å². The number of aliphatic hydroxyl groups excluding tert-OH is 1. The Labute approximate surface area is 197 Å². The summed E-state index contributed by atoms with van der Waals surface area (Å²) in [5.41, 5.74) is 0.336. The van der Waals surface area contributed by atoms with Crippen molar-refractivity contribution >= 4 is 17.9 Å². The first kappa shape index (κ1) is 26.1. The van der Waals surface area contributed by atoms with Crippen LogP contribution in [0.1, 0.15) is 16.8 Å². The van der Waals surface area contributed by atoms with E-state index in [9.17, 15) is 14.4 Å². The van der Waals surface area contributed by atoms with Crippen LogP contribution in [0.15, 0.2) is 73.3 Å². The summed E-state index contributed by atoms with van der Waals surface area (Å²) >= 11 is 0. The van der Waals surface area contributed by atoms with E-state index in [0.29, 0.717) is 35.8 Å². The van der Waals surface area contributed by atoms with E-state index in [1.54, 1.807) is 48.5 Å². The Balaban J connectivity index is 1.71. The molecule has 0 aliphatic carbocycles. The first-order valence-corrected chi connectivity index (χ1v) is 10.4. The van der Waals surface area contributed by atoms with Crippen LogP contribution in [0.25, 0.3) is 0 Å². The Bertz CT molecular complexity index is 978. The fourth-order valence-corrected chi connectivity index (χ4v) is 2.40. The summed E-state index contributed by atoms with van der Waals surface area (Å²) < 4.78 is 26.0. The molecule has 2 aromatic rings. The monoisotopic (exact) mass is 470 g/mol. The number of ether oxygens (including phenoxy) is 5. The van der Waals surface area contributed by atoms with Crippen LogP contribution < -0.4 is 14.2 Å². The molecule has 0 saturated heterocycles. The Morgan fingerprint density at radius 2 is 1.38 bits per heavy atom. The number of benzene rings is 2. The van der Waals surface area contributed by atoms with Crippen molar-refractivity contribution in [2.45, 2.75) is 6.42 Å². The maximum Gasteiger partial charge on any atom is 0.343 e. The first-order valence-electron chi connectivity index (χ1n) is 10.4. The molecule has 2 aromatic carbocycles. The van der Waals surface area contributed by atoms with E-state index in [0.717, 1.165) is 6.08 Å². The summed E-state index contributed by atoms with van der Waals surface area (Å²) in [7, 11) is 0. The minimum absolute atomic E-state index is 0.000851. The van der Waals surface area contributed by atoms with Crippen molar-refractivity contribution in [3.63, 3.8) is 0 Å². The van der Waals surface area contributed by atoms with Gasteiger partial charge >= 0.3 is 17.9 Å². The second-order valence-electron chi connectivity index (χ2n) is 6.70. The molecule has 0 aliphatic rings. The predicted octanol–water partition coefficient (Wildman–Crippen LogP) is 2.87. The SMILES string of the molecule is C=CC(=O)OCCOc1ccc(C(=O)Oc2ccc(OCCCOC(=O)C(=C)CO)cc2)cc1. The number of esters is 3. The smallest absolute Gasteiger partial charge is 0.343 e.